The fraction of sp³-hybridized carbons (Fsp3) is 0.474. The molecule has 1 amide bonds. The summed E-state index contributed by atoms with van der Waals surface area (Å²) in [5, 5.41) is 6.69. The van der Waals surface area contributed by atoms with Crippen molar-refractivity contribution in [1.82, 2.24) is 15.1 Å². The highest BCUT2D eigenvalue weighted by atomic mass is 16.5. The normalized spacial score (nSPS) is 24.3. The number of hydrogen-bond acceptors (Lipinski definition) is 4. The van der Waals surface area contributed by atoms with Crippen LogP contribution >= 0.6 is 0 Å². The second-order valence-corrected chi connectivity index (χ2v) is 7.11. The van der Waals surface area contributed by atoms with Gasteiger partial charge in [-0.2, -0.15) is 5.10 Å². The number of benzene rings is 1. The zero-order valence-electron chi connectivity index (χ0n) is 14.4. The van der Waals surface area contributed by atoms with Crippen molar-refractivity contribution in [1.29, 1.82) is 0 Å². The Kier molecular flexibility index (Phi) is 4.44. The topological polar surface area (TPSA) is 61.5 Å². The third kappa shape index (κ3) is 3.39. The summed E-state index contributed by atoms with van der Waals surface area (Å²) in [6.07, 6.45) is 3.72. The Hall–Kier alpha value is -2.34. The first kappa shape index (κ1) is 16.1. The van der Waals surface area contributed by atoms with Crippen LogP contribution in [0.5, 0.6) is 0 Å². The van der Waals surface area contributed by atoms with Crippen LogP contribution in [-0.2, 0) is 4.74 Å². The van der Waals surface area contributed by atoms with Crippen LogP contribution in [0.15, 0.2) is 42.6 Å². The molecule has 0 aliphatic carbocycles. The summed E-state index contributed by atoms with van der Waals surface area (Å²) in [7, 11) is 0. The Morgan fingerprint density at radius 3 is 2.84 bits per heavy atom. The van der Waals surface area contributed by atoms with Gasteiger partial charge < -0.3 is 14.5 Å². The standard InChI is InChI=1S/C19H24N4O2/c24-18(17-7-9-20-21-17)23-10-4-8-19(14-23)13-22(11-12-25-15-19)16-5-2-1-3-6-16/h1-3,5-7,9H,4,8,10-15H2,(H,20,21)/t19-/m0/s1. The van der Waals surface area contributed by atoms with Gasteiger partial charge in [0.2, 0.25) is 0 Å². The van der Waals surface area contributed by atoms with Crippen LogP contribution in [0, 0.1) is 5.41 Å². The van der Waals surface area contributed by atoms with E-state index in [-0.39, 0.29) is 11.3 Å². The number of aromatic nitrogens is 2. The molecule has 6 heteroatoms. The Morgan fingerprint density at radius 1 is 1.16 bits per heavy atom. The summed E-state index contributed by atoms with van der Waals surface area (Å²) in [6.45, 7) is 4.78. The Bertz CT molecular complexity index is 703. The van der Waals surface area contributed by atoms with Crippen molar-refractivity contribution < 1.29 is 9.53 Å². The lowest BCUT2D eigenvalue weighted by Crippen LogP contribution is -2.52. The van der Waals surface area contributed by atoms with Gasteiger partial charge in [-0.15, -0.1) is 0 Å². The Labute approximate surface area is 147 Å². The molecule has 1 spiro atoms. The third-order valence-electron chi connectivity index (χ3n) is 5.24. The summed E-state index contributed by atoms with van der Waals surface area (Å²) in [5.74, 6) is 0.0343. The average Bonchev–Trinajstić information content (AvgIpc) is 3.12. The molecule has 1 atom stereocenters. The minimum atomic E-state index is -0.0136. The Balaban J connectivity index is 1.53. The number of rotatable bonds is 2. The predicted octanol–water partition coefficient (Wildman–Crippen LogP) is 2.17. The van der Waals surface area contributed by atoms with Crippen LogP contribution in [0.3, 0.4) is 0 Å². The van der Waals surface area contributed by atoms with Gasteiger partial charge >= 0.3 is 0 Å². The summed E-state index contributed by atoms with van der Waals surface area (Å²) in [4.78, 5) is 17.1. The number of para-hydroxylation sites is 1. The molecule has 0 radical (unpaired) electrons. The van der Waals surface area contributed by atoms with Gasteiger partial charge in [-0.3, -0.25) is 9.89 Å². The minimum absolute atomic E-state index is 0.0136. The van der Waals surface area contributed by atoms with E-state index >= 15 is 0 Å². The molecule has 1 aromatic carbocycles. The molecule has 132 valence electrons. The lowest BCUT2D eigenvalue weighted by molar-refractivity contribution is 0.0133. The number of likely N-dealkylation sites (tertiary alicyclic amines) is 1. The van der Waals surface area contributed by atoms with E-state index in [2.05, 4.69) is 39.4 Å². The molecule has 2 aliphatic heterocycles. The second kappa shape index (κ2) is 6.88. The first-order valence-corrected chi connectivity index (χ1v) is 8.92. The van der Waals surface area contributed by atoms with Gasteiger partial charge in [-0.25, -0.2) is 0 Å². The molecule has 1 aromatic heterocycles. The zero-order valence-corrected chi connectivity index (χ0v) is 14.4. The number of nitrogens with one attached hydrogen (secondary N) is 1. The van der Waals surface area contributed by atoms with E-state index < -0.39 is 0 Å². The van der Waals surface area contributed by atoms with Crippen LogP contribution < -0.4 is 4.90 Å². The average molecular weight is 340 g/mol. The molecule has 2 saturated heterocycles. The number of aromatic amines is 1. The van der Waals surface area contributed by atoms with E-state index in [1.807, 2.05) is 11.0 Å². The number of carbonyl (C=O) groups excluding carboxylic acids is 1. The summed E-state index contributed by atoms with van der Waals surface area (Å²) >= 11 is 0. The quantitative estimate of drug-likeness (QED) is 0.910. The smallest absolute Gasteiger partial charge is 0.271 e. The van der Waals surface area contributed by atoms with E-state index in [0.717, 1.165) is 45.6 Å². The molecule has 0 unspecified atom stereocenters. The summed E-state index contributed by atoms with van der Waals surface area (Å²) in [5.41, 5.74) is 1.77. The van der Waals surface area contributed by atoms with Crippen LogP contribution in [0.2, 0.25) is 0 Å². The minimum Gasteiger partial charge on any atom is -0.379 e. The van der Waals surface area contributed by atoms with Crippen molar-refractivity contribution in [3.63, 3.8) is 0 Å². The molecule has 3 heterocycles. The monoisotopic (exact) mass is 340 g/mol. The third-order valence-corrected chi connectivity index (χ3v) is 5.24. The maximum Gasteiger partial charge on any atom is 0.271 e. The first-order valence-electron chi connectivity index (χ1n) is 8.92. The number of amides is 1. The number of nitrogens with zero attached hydrogens (tertiary/aromatic N) is 3. The van der Waals surface area contributed by atoms with Gasteiger partial charge in [0.05, 0.1) is 13.2 Å². The maximum absolute atomic E-state index is 12.7. The van der Waals surface area contributed by atoms with E-state index in [1.54, 1.807) is 12.3 Å². The molecular formula is C19H24N4O2. The molecular weight excluding hydrogens is 316 g/mol. The number of anilines is 1. The van der Waals surface area contributed by atoms with Gasteiger partial charge in [0, 0.05) is 43.5 Å². The van der Waals surface area contributed by atoms with Crippen LogP contribution in [0.4, 0.5) is 5.69 Å². The van der Waals surface area contributed by atoms with Gasteiger partial charge in [-0.1, -0.05) is 18.2 Å². The molecule has 25 heavy (non-hydrogen) atoms. The van der Waals surface area contributed by atoms with Gasteiger partial charge in [0.25, 0.3) is 5.91 Å². The predicted molar refractivity (Wildman–Crippen MR) is 95.6 cm³/mol. The van der Waals surface area contributed by atoms with E-state index in [9.17, 15) is 4.79 Å². The lowest BCUT2D eigenvalue weighted by atomic mass is 9.80. The largest absolute Gasteiger partial charge is 0.379 e. The van der Waals surface area contributed by atoms with Gasteiger partial charge in [-0.05, 0) is 31.0 Å². The molecule has 2 aliphatic rings. The fourth-order valence-corrected chi connectivity index (χ4v) is 4.03. The van der Waals surface area contributed by atoms with Crippen molar-refractivity contribution in [3.8, 4) is 0 Å². The van der Waals surface area contributed by atoms with E-state index in [0.29, 0.717) is 12.3 Å². The molecule has 1 N–H and O–H groups in total. The number of carbonyl (C=O) groups is 1. The second-order valence-electron chi connectivity index (χ2n) is 7.11. The number of piperidine rings is 1. The van der Waals surface area contributed by atoms with Crippen LogP contribution in [0.25, 0.3) is 0 Å². The van der Waals surface area contributed by atoms with E-state index in [4.69, 9.17) is 4.74 Å². The van der Waals surface area contributed by atoms with Crippen molar-refractivity contribution in [3.05, 3.63) is 48.3 Å². The van der Waals surface area contributed by atoms with E-state index in [1.165, 1.54) is 5.69 Å². The maximum atomic E-state index is 12.7. The molecule has 4 rings (SSSR count). The number of hydrogen-bond donors (Lipinski definition) is 1. The Morgan fingerprint density at radius 2 is 2.04 bits per heavy atom. The highest BCUT2D eigenvalue weighted by Crippen LogP contribution is 2.35. The van der Waals surface area contributed by atoms with Crippen molar-refractivity contribution in [2.45, 2.75) is 12.8 Å². The molecule has 0 saturated carbocycles. The number of H-pyrrole nitrogens is 1. The molecule has 6 nitrogen and oxygen atoms in total. The lowest BCUT2D eigenvalue weighted by Gasteiger charge is -2.43. The van der Waals surface area contributed by atoms with Gasteiger partial charge in [0.15, 0.2) is 0 Å². The van der Waals surface area contributed by atoms with Gasteiger partial charge in [0.1, 0.15) is 5.69 Å². The highest BCUT2D eigenvalue weighted by molar-refractivity contribution is 5.92. The van der Waals surface area contributed by atoms with Crippen molar-refractivity contribution in [2.75, 3.05) is 44.3 Å². The van der Waals surface area contributed by atoms with Crippen molar-refractivity contribution in [2.24, 2.45) is 5.41 Å². The fourth-order valence-electron chi connectivity index (χ4n) is 4.03. The first-order chi connectivity index (χ1) is 12.3. The molecule has 2 aromatic rings. The zero-order chi connectivity index (χ0) is 17.1. The summed E-state index contributed by atoms with van der Waals surface area (Å²) < 4.78 is 5.96. The molecule has 2 fully saturated rings. The SMILES string of the molecule is O=C(c1ccn[nH]1)N1CCC[C@@]2(COCCN(c3ccccc3)C2)C1. The molecule has 0 bridgehead atoms. The van der Waals surface area contributed by atoms with Crippen molar-refractivity contribution >= 4 is 11.6 Å². The van der Waals surface area contributed by atoms with Crippen LogP contribution in [-0.4, -0.2) is 60.4 Å². The highest BCUT2D eigenvalue weighted by Gasteiger charge is 2.40. The summed E-state index contributed by atoms with van der Waals surface area (Å²) in [6, 6.07) is 12.2. The number of ether oxygens (including phenoxy) is 1. The van der Waals surface area contributed by atoms with Crippen LogP contribution in [0.1, 0.15) is 23.3 Å².